The van der Waals surface area contributed by atoms with Gasteiger partial charge in [-0.2, -0.15) is 0 Å². The van der Waals surface area contributed by atoms with Gasteiger partial charge in [0.1, 0.15) is 17.5 Å². The average molecular weight is 421 g/mol. The number of carbonyl (C=O) groups excluding carboxylic acids is 3. The Labute approximate surface area is 176 Å². The SMILES string of the molecule is O=C(CCCN1C(=O)c2c(F)ccc(F)c2C1=O)Nc1ccc(-c2ccccc2)cn1. The van der Waals surface area contributed by atoms with Crippen molar-refractivity contribution in [3.63, 3.8) is 0 Å². The van der Waals surface area contributed by atoms with Crippen LogP contribution in [0.1, 0.15) is 33.6 Å². The quantitative estimate of drug-likeness (QED) is 0.610. The van der Waals surface area contributed by atoms with Crippen molar-refractivity contribution in [1.29, 1.82) is 0 Å². The fourth-order valence-electron chi connectivity index (χ4n) is 3.41. The maximum absolute atomic E-state index is 13.9. The summed E-state index contributed by atoms with van der Waals surface area (Å²) in [6.07, 6.45) is 1.79. The summed E-state index contributed by atoms with van der Waals surface area (Å²) < 4.78 is 27.7. The number of nitrogens with one attached hydrogen (secondary N) is 1. The molecule has 0 bridgehead atoms. The van der Waals surface area contributed by atoms with E-state index in [0.717, 1.165) is 28.2 Å². The average Bonchev–Trinajstić information content (AvgIpc) is 3.03. The van der Waals surface area contributed by atoms with Crippen LogP contribution in [0.25, 0.3) is 11.1 Å². The lowest BCUT2D eigenvalue weighted by Crippen LogP contribution is -2.31. The van der Waals surface area contributed by atoms with Crippen molar-refractivity contribution in [3.05, 3.63) is 83.6 Å². The van der Waals surface area contributed by atoms with E-state index < -0.39 is 34.6 Å². The van der Waals surface area contributed by atoms with Crippen LogP contribution in [0, 0.1) is 11.6 Å². The number of rotatable bonds is 6. The molecule has 1 aromatic heterocycles. The van der Waals surface area contributed by atoms with Crippen molar-refractivity contribution in [3.8, 4) is 11.1 Å². The van der Waals surface area contributed by atoms with Crippen molar-refractivity contribution >= 4 is 23.5 Å². The first-order valence-corrected chi connectivity index (χ1v) is 9.61. The van der Waals surface area contributed by atoms with Crippen LogP contribution in [0.4, 0.5) is 14.6 Å². The lowest BCUT2D eigenvalue weighted by atomic mass is 10.1. The molecule has 0 saturated carbocycles. The lowest BCUT2D eigenvalue weighted by molar-refractivity contribution is -0.116. The number of halogens is 2. The summed E-state index contributed by atoms with van der Waals surface area (Å²) in [7, 11) is 0. The molecular formula is C23H17F2N3O3. The molecule has 0 aliphatic carbocycles. The van der Waals surface area contributed by atoms with E-state index in [2.05, 4.69) is 10.3 Å². The molecule has 3 amide bonds. The maximum Gasteiger partial charge on any atom is 0.264 e. The number of anilines is 1. The monoisotopic (exact) mass is 421 g/mol. The van der Waals surface area contributed by atoms with Gasteiger partial charge in [-0.1, -0.05) is 30.3 Å². The van der Waals surface area contributed by atoms with Crippen molar-refractivity contribution < 1.29 is 23.2 Å². The lowest BCUT2D eigenvalue weighted by Gasteiger charge is -2.13. The zero-order valence-corrected chi connectivity index (χ0v) is 16.3. The van der Waals surface area contributed by atoms with Gasteiger partial charge in [0.15, 0.2) is 0 Å². The second-order valence-corrected chi connectivity index (χ2v) is 6.99. The van der Waals surface area contributed by atoms with E-state index in [1.165, 1.54) is 0 Å². The molecule has 1 aliphatic heterocycles. The Kier molecular flexibility index (Phi) is 5.53. The number of benzene rings is 2. The minimum absolute atomic E-state index is 0.000482. The second kappa shape index (κ2) is 8.43. The molecule has 2 heterocycles. The predicted octanol–water partition coefficient (Wildman–Crippen LogP) is 4.04. The molecule has 2 aromatic carbocycles. The minimum atomic E-state index is -0.944. The normalized spacial score (nSPS) is 12.8. The first-order chi connectivity index (χ1) is 15.0. The summed E-state index contributed by atoms with van der Waals surface area (Å²) in [5, 5.41) is 2.65. The van der Waals surface area contributed by atoms with Crippen molar-refractivity contribution in [1.82, 2.24) is 9.88 Å². The van der Waals surface area contributed by atoms with Gasteiger partial charge in [0.25, 0.3) is 11.8 Å². The van der Waals surface area contributed by atoms with Gasteiger partial charge in [0, 0.05) is 24.7 Å². The molecule has 0 fully saturated rings. The molecule has 8 heteroatoms. The van der Waals surface area contributed by atoms with E-state index in [4.69, 9.17) is 0 Å². The number of hydrogen-bond donors (Lipinski definition) is 1. The maximum atomic E-state index is 13.9. The summed E-state index contributed by atoms with van der Waals surface area (Å²) in [6.45, 7) is -0.126. The smallest absolute Gasteiger partial charge is 0.264 e. The second-order valence-electron chi connectivity index (χ2n) is 6.99. The number of carbonyl (C=O) groups is 3. The molecule has 0 saturated heterocycles. The van der Waals surface area contributed by atoms with Gasteiger partial charge in [0.05, 0.1) is 11.1 Å². The number of fused-ring (bicyclic) bond motifs is 1. The van der Waals surface area contributed by atoms with E-state index in [0.29, 0.717) is 5.82 Å². The summed E-state index contributed by atoms with van der Waals surface area (Å²) >= 11 is 0. The Bertz CT molecular complexity index is 1120. The molecule has 0 spiro atoms. The number of hydrogen-bond acceptors (Lipinski definition) is 4. The fourth-order valence-corrected chi connectivity index (χ4v) is 3.41. The molecule has 0 atom stereocenters. The molecule has 6 nitrogen and oxygen atoms in total. The van der Waals surface area contributed by atoms with Gasteiger partial charge in [0.2, 0.25) is 5.91 Å². The van der Waals surface area contributed by atoms with E-state index in [9.17, 15) is 23.2 Å². The number of pyridine rings is 1. The minimum Gasteiger partial charge on any atom is -0.311 e. The van der Waals surface area contributed by atoms with E-state index in [-0.39, 0.29) is 25.3 Å². The standard InChI is InChI=1S/C23H17F2N3O3/c24-16-9-10-17(25)21-20(16)22(30)28(23(21)31)12-4-7-19(29)27-18-11-8-15(13-26-18)14-5-2-1-3-6-14/h1-3,5-6,8-11,13H,4,7,12H2,(H,26,27,29). The largest absolute Gasteiger partial charge is 0.311 e. The van der Waals surface area contributed by atoms with E-state index in [1.807, 2.05) is 36.4 Å². The molecule has 1 N–H and O–H groups in total. The summed E-state index contributed by atoms with van der Waals surface area (Å²) in [4.78, 5) is 41.7. The summed E-state index contributed by atoms with van der Waals surface area (Å²) in [6, 6.07) is 14.8. The van der Waals surface area contributed by atoms with Gasteiger partial charge in [-0.15, -0.1) is 0 Å². The summed E-state index contributed by atoms with van der Waals surface area (Å²) in [5.41, 5.74) is 0.791. The first-order valence-electron chi connectivity index (χ1n) is 9.61. The number of amides is 3. The van der Waals surface area contributed by atoms with Crippen LogP contribution in [-0.4, -0.2) is 34.2 Å². The van der Waals surface area contributed by atoms with Gasteiger partial charge in [-0.05, 0) is 36.2 Å². The highest BCUT2D eigenvalue weighted by Gasteiger charge is 2.40. The van der Waals surface area contributed by atoms with Gasteiger partial charge < -0.3 is 5.32 Å². The highest BCUT2D eigenvalue weighted by atomic mass is 19.1. The van der Waals surface area contributed by atoms with E-state index in [1.54, 1.807) is 12.3 Å². The predicted molar refractivity (Wildman–Crippen MR) is 109 cm³/mol. The zero-order valence-electron chi connectivity index (χ0n) is 16.3. The van der Waals surface area contributed by atoms with E-state index >= 15 is 0 Å². The number of imide groups is 1. The van der Waals surface area contributed by atoms with Crippen LogP contribution in [0.2, 0.25) is 0 Å². The third kappa shape index (κ3) is 4.05. The molecule has 3 aromatic rings. The van der Waals surface area contributed by atoms with Crippen molar-refractivity contribution in [2.45, 2.75) is 12.8 Å². The topological polar surface area (TPSA) is 79.4 Å². The third-order valence-electron chi connectivity index (χ3n) is 4.95. The first kappa shape index (κ1) is 20.3. The molecule has 31 heavy (non-hydrogen) atoms. The van der Waals surface area contributed by atoms with Crippen LogP contribution in [0.3, 0.4) is 0 Å². The van der Waals surface area contributed by atoms with Gasteiger partial charge in [-0.3, -0.25) is 19.3 Å². The highest BCUT2D eigenvalue weighted by molar-refractivity contribution is 6.21. The van der Waals surface area contributed by atoms with Crippen molar-refractivity contribution in [2.75, 3.05) is 11.9 Å². The Morgan fingerprint density at radius 2 is 1.52 bits per heavy atom. The Morgan fingerprint density at radius 3 is 2.10 bits per heavy atom. The van der Waals surface area contributed by atoms with Crippen molar-refractivity contribution in [2.24, 2.45) is 0 Å². The molecule has 4 rings (SSSR count). The molecule has 0 unspecified atom stereocenters. The van der Waals surface area contributed by atoms with Gasteiger partial charge >= 0.3 is 0 Å². The Hall–Kier alpha value is -3.94. The Balaban J connectivity index is 1.32. The number of nitrogens with zero attached hydrogens (tertiary/aromatic N) is 2. The third-order valence-corrected chi connectivity index (χ3v) is 4.95. The zero-order chi connectivity index (χ0) is 22.0. The van der Waals surface area contributed by atoms with Gasteiger partial charge in [-0.25, -0.2) is 13.8 Å². The molecule has 1 aliphatic rings. The summed E-state index contributed by atoms with van der Waals surface area (Å²) in [5.74, 6) is -3.66. The number of aromatic nitrogens is 1. The fraction of sp³-hybridized carbons (Fsp3) is 0.130. The molecule has 0 radical (unpaired) electrons. The molecular weight excluding hydrogens is 404 g/mol. The van der Waals surface area contributed by atoms with Crippen LogP contribution < -0.4 is 5.32 Å². The van der Waals surface area contributed by atoms with Crippen LogP contribution in [-0.2, 0) is 4.79 Å². The molecule has 156 valence electrons. The van der Waals surface area contributed by atoms with Crippen LogP contribution >= 0.6 is 0 Å². The van der Waals surface area contributed by atoms with Crippen LogP contribution in [0.15, 0.2) is 60.8 Å². The Morgan fingerprint density at radius 1 is 0.871 bits per heavy atom. The van der Waals surface area contributed by atoms with Crippen LogP contribution in [0.5, 0.6) is 0 Å². The highest BCUT2D eigenvalue weighted by Crippen LogP contribution is 2.28.